The molecule has 0 aliphatic rings. The molecule has 0 aliphatic carbocycles. The van der Waals surface area contributed by atoms with Gasteiger partial charge in [-0.05, 0) is 50.7 Å². The Hall–Kier alpha value is -2.19. The van der Waals surface area contributed by atoms with Gasteiger partial charge in [-0.15, -0.1) is 5.10 Å². The van der Waals surface area contributed by atoms with Crippen LogP contribution in [0.25, 0.3) is 22.2 Å². The number of hydrogen-bond acceptors (Lipinski definition) is 3. The molecule has 0 radical (unpaired) electrons. The molecule has 116 valence electrons. The summed E-state index contributed by atoms with van der Waals surface area (Å²) in [6.45, 7) is 7.36. The van der Waals surface area contributed by atoms with Gasteiger partial charge in [0, 0.05) is 6.54 Å². The van der Waals surface area contributed by atoms with Crippen molar-refractivity contribution in [2.75, 3.05) is 0 Å². The third-order valence-corrected chi connectivity index (χ3v) is 4.38. The van der Waals surface area contributed by atoms with Crippen LogP contribution in [0.4, 0.5) is 0 Å². The van der Waals surface area contributed by atoms with E-state index in [0.29, 0.717) is 5.56 Å². The first-order chi connectivity index (χ1) is 10.9. The fourth-order valence-corrected chi connectivity index (χ4v) is 3.16. The number of rotatable bonds is 2. The number of benzene rings is 2. The van der Waals surface area contributed by atoms with Gasteiger partial charge in [0.25, 0.3) is 0 Å². The molecular weight excluding hydrogens is 352 g/mol. The van der Waals surface area contributed by atoms with Gasteiger partial charge in [-0.3, -0.25) is 0 Å². The standard InChI is InChI=1S/C18H17BrN4/c1-18(2,3)11-23-15-9-8-14(16(19)17(15)21-22-23)13-6-4-12(10-20)5-7-13/h4-9H,11H2,1-3H3. The maximum atomic E-state index is 8.91. The molecule has 3 rings (SSSR count). The smallest absolute Gasteiger partial charge is 0.127 e. The van der Waals surface area contributed by atoms with Gasteiger partial charge < -0.3 is 0 Å². The summed E-state index contributed by atoms with van der Waals surface area (Å²) in [6.07, 6.45) is 0. The number of halogens is 1. The minimum absolute atomic E-state index is 0.138. The third-order valence-electron chi connectivity index (χ3n) is 3.57. The van der Waals surface area contributed by atoms with E-state index >= 15 is 0 Å². The second kappa shape index (κ2) is 5.78. The minimum atomic E-state index is 0.138. The molecule has 0 N–H and O–H groups in total. The van der Waals surface area contributed by atoms with Crippen LogP contribution in [-0.4, -0.2) is 15.0 Å². The quantitative estimate of drug-likeness (QED) is 0.653. The van der Waals surface area contributed by atoms with Crippen molar-refractivity contribution in [2.24, 2.45) is 5.41 Å². The largest absolute Gasteiger partial charge is 0.244 e. The second-order valence-electron chi connectivity index (χ2n) is 6.79. The molecule has 2 aromatic carbocycles. The van der Waals surface area contributed by atoms with Crippen LogP contribution in [0.2, 0.25) is 0 Å². The van der Waals surface area contributed by atoms with Gasteiger partial charge in [0.05, 0.1) is 21.6 Å². The summed E-state index contributed by atoms with van der Waals surface area (Å²) in [5.74, 6) is 0. The molecule has 3 aromatic rings. The van der Waals surface area contributed by atoms with E-state index in [0.717, 1.165) is 33.2 Å². The average Bonchev–Trinajstić information content (AvgIpc) is 2.90. The van der Waals surface area contributed by atoms with Crippen molar-refractivity contribution in [3.63, 3.8) is 0 Å². The summed E-state index contributed by atoms with van der Waals surface area (Å²) in [6, 6.07) is 13.8. The SMILES string of the molecule is CC(C)(C)Cn1nnc2c(Br)c(-c3ccc(C#N)cc3)ccc21. The Labute approximate surface area is 143 Å². The number of nitrogens with zero attached hydrogens (tertiary/aromatic N) is 4. The molecule has 0 amide bonds. The van der Waals surface area contributed by atoms with E-state index in [-0.39, 0.29) is 5.41 Å². The molecule has 0 bridgehead atoms. The van der Waals surface area contributed by atoms with Crippen LogP contribution < -0.4 is 0 Å². The van der Waals surface area contributed by atoms with Crippen molar-refractivity contribution in [3.8, 4) is 17.2 Å². The monoisotopic (exact) mass is 368 g/mol. The van der Waals surface area contributed by atoms with Crippen molar-refractivity contribution in [3.05, 3.63) is 46.4 Å². The molecule has 0 saturated carbocycles. The first-order valence-electron chi connectivity index (χ1n) is 7.41. The zero-order valence-corrected chi connectivity index (χ0v) is 14.9. The van der Waals surface area contributed by atoms with E-state index in [2.05, 4.69) is 65.2 Å². The number of hydrogen-bond donors (Lipinski definition) is 0. The van der Waals surface area contributed by atoms with E-state index < -0.39 is 0 Å². The fraction of sp³-hybridized carbons (Fsp3) is 0.278. The molecule has 0 saturated heterocycles. The second-order valence-corrected chi connectivity index (χ2v) is 7.58. The highest BCUT2D eigenvalue weighted by Gasteiger charge is 2.17. The lowest BCUT2D eigenvalue weighted by Gasteiger charge is -2.18. The van der Waals surface area contributed by atoms with E-state index in [1.54, 1.807) is 0 Å². The van der Waals surface area contributed by atoms with Crippen molar-refractivity contribution in [1.29, 1.82) is 5.26 Å². The van der Waals surface area contributed by atoms with Crippen LogP contribution in [0, 0.1) is 16.7 Å². The first-order valence-corrected chi connectivity index (χ1v) is 8.20. The zero-order valence-electron chi connectivity index (χ0n) is 13.3. The Morgan fingerprint density at radius 3 is 2.43 bits per heavy atom. The van der Waals surface area contributed by atoms with Gasteiger partial charge in [0.1, 0.15) is 5.52 Å². The maximum absolute atomic E-state index is 8.91. The maximum Gasteiger partial charge on any atom is 0.127 e. The molecule has 0 spiro atoms. The lowest BCUT2D eigenvalue weighted by molar-refractivity contribution is 0.327. The summed E-state index contributed by atoms with van der Waals surface area (Å²) < 4.78 is 2.88. The van der Waals surface area contributed by atoms with Crippen LogP contribution in [0.3, 0.4) is 0 Å². The summed E-state index contributed by atoms with van der Waals surface area (Å²) in [4.78, 5) is 0. The normalized spacial score (nSPS) is 11.6. The van der Waals surface area contributed by atoms with Crippen LogP contribution in [0.1, 0.15) is 26.3 Å². The Morgan fingerprint density at radius 2 is 1.83 bits per heavy atom. The summed E-state index contributed by atoms with van der Waals surface area (Å²) >= 11 is 3.67. The average molecular weight is 369 g/mol. The minimum Gasteiger partial charge on any atom is -0.244 e. The van der Waals surface area contributed by atoms with E-state index in [4.69, 9.17) is 5.26 Å². The molecule has 0 atom stereocenters. The molecule has 23 heavy (non-hydrogen) atoms. The Bertz CT molecular complexity index is 896. The Balaban J connectivity index is 2.07. The van der Waals surface area contributed by atoms with Gasteiger partial charge in [0.15, 0.2) is 0 Å². The van der Waals surface area contributed by atoms with Crippen molar-refractivity contribution in [2.45, 2.75) is 27.3 Å². The van der Waals surface area contributed by atoms with Crippen LogP contribution in [0.15, 0.2) is 40.9 Å². The molecule has 1 aromatic heterocycles. The van der Waals surface area contributed by atoms with E-state index in [9.17, 15) is 0 Å². The fourth-order valence-electron chi connectivity index (χ4n) is 2.52. The molecular formula is C18H17BrN4. The van der Waals surface area contributed by atoms with Gasteiger partial charge in [0.2, 0.25) is 0 Å². The lowest BCUT2D eigenvalue weighted by Crippen LogP contribution is -2.16. The van der Waals surface area contributed by atoms with Crippen LogP contribution >= 0.6 is 15.9 Å². The number of nitriles is 1. The third kappa shape index (κ3) is 3.13. The van der Waals surface area contributed by atoms with E-state index in [1.807, 2.05) is 28.9 Å². The molecule has 0 aliphatic heterocycles. The van der Waals surface area contributed by atoms with E-state index in [1.165, 1.54) is 0 Å². The highest BCUT2D eigenvalue weighted by molar-refractivity contribution is 9.10. The van der Waals surface area contributed by atoms with Gasteiger partial charge >= 0.3 is 0 Å². The molecule has 1 heterocycles. The number of fused-ring (bicyclic) bond motifs is 1. The highest BCUT2D eigenvalue weighted by Crippen LogP contribution is 2.34. The molecule has 0 fully saturated rings. The number of aromatic nitrogens is 3. The summed E-state index contributed by atoms with van der Waals surface area (Å²) in [7, 11) is 0. The van der Waals surface area contributed by atoms with Crippen molar-refractivity contribution >= 4 is 27.0 Å². The molecule has 5 heteroatoms. The van der Waals surface area contributed by atoms with Gasteiger partial charge in [-0.25, -0.2) is 4.68 Å². The highest BCUT2D eigenvalue weighted by atomic mass is 79.9. The molecule has 0 unspecified atom stereocenters. The van der Waals surface area contributed by atoms with Crippen LogP contribution in [-0.2, 0) is 6.54 Å². The van der Waals surface area contributed by atoms with Gasteiger partial charge in [-0.1, -0.05) is 44.2 Å². The Kier molecular flexibility index (Phi) is 3.95. The first kappa shape index (κ1) is 15.7. The van der Waals surface area contributed by atoms with Crippen LogP contribution in [0.5, 0.6) is 0 Å². The predicted molar refractivity (Wildman–Crippen MR) is 94.8 cm³/mol. The topological polar surface area (TPSA) is 54.5 Å². The summed E-state index contributed by atoms with van der Waals surface area (Å²) in [5.41, 5.74) is 4.76. The molecule has 4 nitrogen and oxygen atoms in total. The predicted octanol–water partition coefficient (Wildman–Crippen LogP) is 4.78. The summed E-state index contributed by atoms with van der Waals surface area (Å²) in [5, 5.41) is 17.5. The van der Waals surface area contributed by atoms with Crippen molar-refractivity contribution < 1.29 is 0 Å². The lowest BCUT2D eigenvalue weighted by atomic mass is 9.97. The van der Waals surface area contributed by atoms with Crippen molar-refractivity contribution in [1.82, 2.24) is 15.0 Å². The Morgan fingerprint density at radius 1 is 1.13 bits per heavy atom. The zero-order chi connectivity index (χ0) is 16.6. The van der Waals surface area contributed by atoms with Gasteiger partial charge in [-0.2, -0.15) is 5.26 Å².